The van der Waals surface area contributed by atoms with Crippen LogP contribution in [0.5, 0.6) is 11.5 Å². The number of aryl methyl sites for hydroxylation is 2. The number of furan rings is 1. The van der Waals surface area contributed by atoms with Gasteiger partial charge in [-0.05, 0) is 56.0 Å². The molecule has 6 nitrogen and oxygen atoms in total. The van der Waals surface area contributed by atoms with E-state index in [-0.39, 0.29) is 5.89 Å². The second-order valence-electron chi connectivity index (χ2n) is 7.17. The van der Waals surface area contributed by atoms with E-state index in [0.29, 0.717) is 34.9 Å². The van der Waals surface area contributed by atoms with Crippen LogP contribution in [0, 0.1) is 19.8 Å². The highest BCUT2D eigenvalue weighted by atomic mass is 35.5. The molecule has 0 unspecified atom stereocenters. The minimum absolute atomic E-state index is 0.233. The topological polar surface area (TPSA) is 70.5 Å². The van der Waals surface area contributed by atoms with E-state index in [1.54, 1.807) is 13.2 Å². The van der Waals surface area contributed by atoms with E-state index in [4.69, 9.17) is 29.9 Å². The largest absolute Gasteiger partial charge is 0.493 e. The molecule has 0 saturated carbocycles. The van der Waals surface area contributed by atoms with E-state index in [1.165, 1.54) is 0 Å². The van der Waals surface area contributed by atoms with Gasteiger partial charge in [-0.3, -0.25) is 0 Å². The van der Waals surface area contributed by atoms with Gasteiger partial charge in [-0.25, -0.2) is 0 Å². The molecule has 0 fully saturated rings. The molecule has 0 spiro atoms. The Morgan fingerprint density at radius 3 is 2.59 bits per heavy atom. The molecule has 2 aromatic heterocycles. The summed E-state index contributed by atoms with van der Waals surface area (Å²) in [5.74, 6) is 4.02. The SMILES string of the molecule is COc1cc(/C=C(\Cl)c2nnc(-c3cc(C)oc3C)o2)ccc1OCCC(C)C. The van der Waals surface area contributed by atoms with E-state index in [0.717, 1.165) is 29.1 Å². The molecule has 0 atom stereocenters. The summed E-state index contributed by atoms with van der Waals surface area (Å²) in [4.78, 5) is 0. The lowest BCUT2D eigenvalue weighted by atomic mass is 10.1. The monoisotopic (exact) mass is 416 g/mol. The van der Waals surface area contributed by atoms with Crippen LogP contribution >= 0.6 is 11.6 Å². The smallest absolute Gasteiger partial charge is 0.259 e. The minimum atomic E-state index is 0.233. The van der Waals surface area contributed by atoms with Gasteiger partial charge < -0.3 is 18.3 Å². The molecule has 0 aliphatic rings. The zero-order valence-electron chi connectivity index (χ0n) is 17.3. The second kappa shape index (κ2) is 9.18. The maximum atomic E-state index is 6.41. The minimum Gasteiger partial charge on any atom is -0.493 e. The molecule has 0 saturated heterocycles. The molecule has 0 aliphatic carbocycles. The fourth-order valence-corrected chi connectivity index (χ4v) is 2.98. The van der Waals surface area contributed by atoms with Crippen molar-refractivity contribution in [2.45, 2.75) is 34.1 Å². The van der Waals surface area contributed by atoms with Gasteiger partial charge in [0.1, 0.15) is 16.6 Å². The Balaban J connectivity index is 1.78. The Hall–Kier alpha value is -2.73. The summed E-state index contributed by atoms with van der Waals surface area (Å²) in [6.45, 7) is 8.68. The predicted octanol–water partition coefficient (Wildman–Crippen LogP) is 6.12. The van der Waals surface area contributed by atoms with Gasteiger partial charge in [-0.1, -0.05) is 31.5 Å². The number of hydrogen-bond donors (Lipinski definition) is 0. The van der Waals surface area contributed by atoms with Crippen LogP contribution in [0.25, 0.3) is 22.6 Å². The number of aromatic nitrogens is 2. The normalized spacial score (nSPS) is 11.9. The van der Waals surface area contributed by atoms with Crippen LogP contribution < -0.4 is 9.47 Å². The maximum Gasteiger partial charge on any atom is 0.259 e. The third-order valence-corrected chi connectivity index (χ3v) is 4.61. The summed E-state index contributed by atoms with van der Waals surface area (Å²) in [7, 11) is 1.61. The molecule has 7 heteroatoms. The number of hydrogen-bond acceptors (Lipinski definition) is 6. The first-order chi connectivity index (χ1) is 13.9. The van der Waals surface area contributed by atoms with Gasteiger partial charge in [-0.15, -0.1) is 10.2 Å². The summed E-state index contributed by atoms with van der Waals surface area (Å²) >= 11 is 6.41. The van der Waals surface area contributed by atoms with Crippen molar-refractivity contribution in [2.75, 3.05) is 13.7 Å². The first-order valence-corrected chi connectivity index (χ1v) is 9.84. The molecule has 29 heavy (non-hydrogen) atoms. The molecule has 2 heterocycles. The van der Waals surface area contributed by atoms with E-state index in [2.05, 4.69) is 24.0 Å². The number of nitrogens with zero attached hydrogens (tertiary/aromatic N) is 2. The molecule has 3 aromatic rings. The molecule has 3 rings (SSSR count). The fourth-order valence-electron chi connectivity index (χ4n) is 2.78. The van der Waals surface area contributed by atoms with Crippen LogP contribution in [0.2, 0.25) is 0 Å². The molecule has 154 valence electrons. The van der Waals surface area contributed by atoms with Crippen molar-refractivity contribution in [3.8, 4) is 23.0 Å². The lowest BCUT2D eigenvalue weighted by molar-refractivity contribution is 0.273. The Kier molecular flexibility index (Phi) is 6.64. The zero-order valence-corrected chi connectivity index (χ0v) is 18.0. The van der Waals surface area contributed by atoms with Gasteiger partial charge in [0.2, 0.25) is 0 Å². The van der Waals surface area contributed by atoms with Crippen LogP contribution in [-0.4, -0.2) is 23.9 Å². The summed E-state index contributed by atoms with van der Waals surface area (Å²) in [5, 5.41) is 8.44. The number of benzene rings is 1. The van der Waals surface area contributed by atoms with Gasteiger partial charge in [0, 0.05) is 0 Å². The van der Waals surface area contributed by atoms with Crippen LogP contribution in [0.4, 0.5) is 0 Å². The molecule has 0 aliphatic heterocycles. The van der Waals surface area contributed by atoms with Crippen molar-refractivity contribution in [1.82, 2.24) is 10.2 Å². The summed E-state index contributed by atoms with van der Waals surface area (Å²) in [5.41, 5.74) is 1.59. The van der Waals surface area contributed by atoms with Crippen molar-refractivity contribution in [3.63, 3.8) is 0 Å². The Bertz CT molecular complexity index is 1000. The first-order valence-electron chi connectivity index (χ1n) is 9.46. The van der Waals surface area contributed by atoms with E-state index in [9.17, 15) is 0 Å². The Morgan fingerprint density at radius 2 is 1.93 bits per heavy atom. The van der Waals surface area contributed by atoms with Gasteiger partial charge in [0.15, 0.2) is 11.5 Å². The van der Waals surface area contributed by atoms with Crippen molar-refractivity contribution < 1.29 is 18.3 Å². The van der Waals surface area contributed by atoms with Crippen molar-refractivity contribution >= 4 is 22.7 Å². The van der Waals surface area contributed by atoms with Gasteiger partial charge in [0.25, 0.3) is 11.8 Å². The van der Waals surface area contributed by atoms with Crippen molar-refractivity contribution in [2.24, 2.45) is 5.92 Å². The van der Waals surface area contributed by atoms with Gasteiger partial charge >= 0.3 is 0 Å². The summed E-state index contributed by atoms with van der Waals surface area (Å²) in [6, 6.07) is 7.48. The van der Waals surface area contributed by atoms with Crippen molar-refractivity contribution in [3.05, 3.63) is 47.2 Å². The second-order valence-corrected chi connectivity index (χ2v) is 7.58. The molecule has 0 amide bonds. The van der Waals surface area contributed by atoms with Crippen LogP contribution in [0.3, 0.4) is 0 Å². The number of halogens is 1. The molecule has 0 bridgehead atoms. The van der Waals surface area contributed by atoms with E-state index in [1.807, 2.05) is 38.1 Å². The Labute approximate surface area is 175 Å². The average molecular weight is 417 g/mol. The van der Waals surface area contributed by atoms with Crippen molar-refractivity contribution in [1.29, 1.82) is 0 Å². The predicted molar refractivity (Wildman–Crippen MR) is 113 cm³/mol. The average Bonchev–Trinajstić information content (AvgIpc) is 3.28. The maximum absolute atomic E-state index is 6.41. The van der Waals surface area contributed by atoms with Gasteiger partial charge in [-0.2, -0.15) is 0 Å². The van der Waals surface area contributed by atoms with Gasteiger partial charge in [0.05, 0.1) is 19.3 Å². The number of methoxy groups -OCH3 is 1. The molecule has 0 radical (unpaired) electrons. The first kappa shape index (κ1) is 21.0. The molecule has 0 N–H and O–H groups in total. The fraction of sp³-hybridized carbons (Fsp3) is 0.364. The highest BCUT2D eigenvalue weighted by molar-refractivity contribution is 6.50. The van der Waals surface area contributed by atoms with Crippen LogP contribution in [0.15, 0.2) is 33.1 Å². The molecule has 1 aromatic carbocycles. The Morgan fingerprint density at radius 1 is 1.14 bits per heavy atom. The lowest BCUT2D eigenvalue weighted by Gasteiger charge is -2.12. The quantitative estimate of drug-likeness (QED) is 0.440. The van der Waals surface area contributed by atoms with E-state index >= 15 is 0 Å². The molecular weight excluding hydrogens is 392 g/mol. The number of rotatable bonds is 8. The highest BCUT2D eigenvalue weighted by Gasteiger charge is 2.16. The van der Waals surface area contributed by atoms with Crippen LogP contribution in [-0.2, 0) is 0 Å². The zero-order chi connectivity index (χ0) is 21.0. The summed E-state index contributed by atoms with van der Waals surface area (Å²) in [6.07, 6.45) is 2.72. The standard InChI is InChI=1S/C22H25ClN2O4/c1-13(2)8-9-27-19-7-6-16(12-20(19)26-5)11-18(23)22-25-24-21(29-22)17-10-14(3)28-15(17)4/h6-7,10-13H,8-9H2,1-5H3/b18-11-. The summed E-state index contributed by atoms with van der Waals surface area (Å²) < 4.78 is 22.5. The lowest BCUT2D eigenvalue weighted by Crippen LogP contribution is -2.02. The molecular formula is C22H25ClN2O4. The third-order valence-electron chi connectivity index (χ3n) is 4.33. The number of ether oxygens (including phenoxy) is 2. The van der Waals surface area contributed by atoms with E-state index < -0.39 is 0 Å². The van der Waals surface area contributed by atoms with Crippen LogP contribution in [0.1, 0.15) is 43.2 Å². The third kappa shape index (κ3) is 5.21. The highest BCUT2D eigenvalue weighted by Crippen LogP contribution is 2.32.